The Morgan fingerprint density at radius 1 is 1.22 bits per heavy atom. The SMILES string of the molecule is CCc1cc2ccc(OC3CC4CCC(C3)N4)cc2oc1=O.Cl. The first kappa shape index (κ1) is 16.3. The molecule has 1 aromatic heterocycles. The average molecular weight is 336 g/mol. The van der Waals surface area contributed by atoms with Crippen LogP contribution in [0.25, 0.3) is 11.0 Å². The second-order valence-electron chi connectivity index (χ2n) is 6.46. The summed E-state index contributed by atoms with van der Waals surface area (Å²) >= 11 is 0. The topological polar surface area (TPSA) is 51.5 Å². The zero-order valence-corrected chi connectivity index (χ0v) is 14.0. The molecule has 124 valence electrons. The summed E-state index contributed by atoms with van der Waals surface area (Å²) in [6.07, 6.45) is 5.60. The average Bonchev–Trinajstić information content (AvgIpc) is 2.85. The molecule has 3 heterocycles. The minimum absolute atomic E-state index is 0. The smallest absolute Gasteiger partial charge is 0.339 e. The summed E-state index contributed by atoms with van der Waals surface area (Å²) in [6, 6.07) is 8.92. The third-order valence-corrected chi connectivity index (χ3v) is 4.89. The van der Waals surface area contributed by atoms with Gasteiger partial charge in [-0.25, -0.2) is 4.79 Å². The number of benzene rings is 1. The van der Waals surface area contributed by atoms with Gasteiger partial charge < -0.3 is 14.5 Å². The third-order valence-electron chi connectivity index (χ3n) is 4.89. The molecule has 2 aromatic rings. The summed E-state index contributed by atoms with van der Waals surface area (Å²) in [5, 5.41) is 4.57. The van der Waals surface area contributed by atoms with Crippen molar-refractivity contribution in [2.75, 3.05) is 0 Å². The molecule has 2 aliphatic heterocycles. The molecule has 2 bridgehead atoms. The molecule has 2 fully saturated rings. The Labute approximate surface area is 141 Å². The summed E-state index contributed by atoms with van der Waals surface area (Å²) in [6.45, 7) is 1.96. The van der Waals surface area contributed by atoms with E-state index in [0.717, 1.165) is 29.5 Å². The van der Waals surface area contributed by atoms with Crippen molar-refractivity contribution in [3.63, 3.8) is 0 Å². The number of nitrogens with one attached hydrogen (secondary N) is 1. The van der Waals surface area contributed by atoms with Gasteiger partial charge in [-0.1, -0.05) is 6.92 Å². The Balaban J connectivity index is 0.00000156. The number of rotatable bonds is 3. The second kappa shape index (κ2) is 6.54. The minimum atomic E-state index is -0.243. The lowest BCUT2D eigenvalue weighted by molar-refractivity contribution is 0.137. The molecule has 1 aromatic carbocycles. The molecule has 0 amide bonds. The highest BCUT2D eigenvalue weighted by molar-refractivity contribution is 5.85. The lowest BCUT2D eigenvalue weighted by Gasteiger charge is -2.29. The zero-order chi connectivity index (χ0) is 15.1. The molecular weight excluding hydrogens is 314 g/mol. The zero-order valence-electron chi connectivity index (χ0n) is 13.2. The predicted octanol–water partition coefficient (Wildman–Crippen LogP) is 3.44. The van der Waals surface area contributed by atoms with Gasteiger partial charge in [0.15, 0.2) is 0 Å². The van der Waals surface area contributed by atoms with E-state index in [1.807, 2.05) is 31.2 Å². The first-order chi connectivity index (χ1) is 10.7. The summed E-state index contributed by atoms with van der Waals surface area (Å²) in [5.74, 6) is 0.797. The van der Waals surface area contributed by atoms with Crippen molar-refractivity contribution < 1.29 is 9.15 Å². The molecule has 2 aliphatic rings. The van der Waals surface area contributed by atoms with Crippen molar-refractivity contribution in [2.24, 2.45) is 0 Å². The van der Waals surface area contributed by atoms with Crippen molar-refractivity contribution in [3.8, 4) is 5.75 Å². The number of hydrogen-bond donors (Lipinski definition) is 1. The van der Waals surface area contributed by atoms with Crippen LogP contribution in [-0.4, -0.2) is 18.2 Å². The fourth-order valence-corrected chi connectivity index (χ4v) is 3.75. The standard InChI is InChI=1S/C18H21NO3.ClH/c1-2-11-7-12-3-6-15(10-17(12)22-18(11)20)21-16-8-13-4-5-14(9-16)19-13;/h3,6-7,10,13-14,16,19H,2,4-5,8-9H2,1H3;1H. The largest absolute Gasteiger partial charge is 0.490 e. The van der Waals surface area contributed by atoms with E-state index >= 15 is 0 Å². The van der Waals surface area contributed by atoms with E-state index in [9.17, 15) is 4.79 Å². The normalized spacial score (nSPS) is 26.0. The van der Waals surface area contributed by atoms with Gasteiger partial charge in [-0.05, 0) is 50.3 Å². The van der Waals surface area contributed by atoms with Crippen LogP contribution < -0.4 is 15.7 Å². The van der Waals surface area contributed by atoms with Crippen molar-refractivity contribution in [2.45, 2.75) is 57.2 Å². The molecule has 5 heteroatoms. The molecule has 4 rings (SSSR count). The number of hydrogen-bond acceptors (Lipinski definition) is 4. The van der Waals surface area contributed by atoms with Crippen molar-refractivity contribution in [3.05, 3.63) is 40.2 Å². The fourth-order valence-electron chi connectivity index (χ4n) is 3.75. The number of halogens is 1. The van der Waals surface area contributed by atoms with Crippen LogP contribution in [-0.2, 0) is 6.42 Å². The van der Waals surface area contributed by atoms with E-state index in [1.165, 1.54) is 12.8 Å². The van der Waals surface area contributed by atoms with Gasteiger partial charge >= 0.3 is 5.63 Å². The Bertz CT molecular complexity index is 746. The van der Waals surface area contributed by atoms with Crippen LogP contribution in [0.5, 0.6) is 5.75 Å². The van der Waals surface area contributed by atoms with Crippen LogP contribution in [0.4, 0.5) is 0 Å². The Morgan fingerprint density at radius 2 is 1.96 bits per heavy atom. The second-order valence-corrected chi connectivity index (χ2v) is 6.46. The fraction of sp³-hybridized carbons (Fsp3) is 0.500. The first-order valence-corrected chi connectivity index (χ1v) is 8.21. The minimum Gasteiger partial charge on any atom is -0.490 e. The Hall–Kier alpha value is -1.52. The molecule has 0 radical (unpaired) electrons. The number of ether oxygens (including phenoxy) is 1. The van der Waals surface area contributed by atoms with Gasteiger partial charge in [-0.2, -0.15) is 0 Å². The summed E-state index contributed by atoms with van der Waals surface area (Å²) in [5.41, 5.74) is 1.08. The van der Waals surface area contributed by atoms with E-state index in [0.29, 0.717) is 24.1 Å². The van der Waals surface area contributed by atoms with E-state index in [-0.39, 0.29) is 24.1 Å². The van der Waals surface area contributed by atoms with Gasteiger partial charge in [0.25, 0.3) is 0 Å². The molecule has 2 saturated heterocycles. The molecule has 0 saturated carbocycles. The van der Waals surface area contributed by atoms with Crippen LogP contribution in [0.1, 0.15) is 38.2 Å². The first-order valence-electron chi connectivity index (χ1n) is 8.21. The molecule has 23 heavy (non-hydrogen) atoms. The van der Waals surface area contributed by atoms with Crippen molar-refractivity contribution in [1.82, 2.24) is 5.32 Å². The van der Waals surface area contributed by atoms with Gasteiger partial charge in [0.05, 0.1) is 0 Å². The maximum absolute atomic E-state index is 11.8. The predicted molar refractivity (Wildman–Crippen MR) is 92.7 cm³/mol. The van der Waals surface area contributed by atoms with Crippen LogP contribution in [0.2, 0.25) is 0 Å². The lowest BCUT2D eigenvalue weighted by atomic mass is 10.0. The van der Waals surface area contributed by atoms with Gasteiger partial charge in [0, 0.05) is 29.1 Å². The molecule has 0 aliphatic carbocycles. The quantitative estimate of drug-likeness (QED) is 0.873. The highest BCUT2D eigenvalue weighted by Crippen LogP contribution is 2.30. The number of aryl methyl sites for hydroxylation is 1. The highest BCUT2D eigenvalue weighted by atomic mass is 35.5. The third kappa shape index (κ3) is 3.24. The van der Waals surface area contributed by atoms with E-state index in [4.69, 9.17) is 9.15 Å². The number of fused-ring (bicyclic) bond motifs is 3. The van der Waals surface area contributed by atoms with Crippen molar-refractivity contribution in [1.29, 1.82) is 0 Å². The van der Waals surface area contributed by atoms with Crippen LogP contribution in [0.15, 0.2) is 33.5 Å². The molecular formula is C18H22ClNO3. The van der Waals surface area contributed by atoms with E-state index in [1.54, 1.807) is 0 Å². The summed E-state index contributed by atoms with van der Waals surface area (Å²) in [7, 11) is 0. The van der Waals surface area contributed by atoms with Crippen LogP contribution in [0.3, 0.4) is 0 Å². The van der Waals surface area contributed by atoms with Gasteiger partial charge in [-0.15, -0.1) is 12.4 Å². The van der Waals surface area contributed by atoms with E-state index in [2.05, 4.69) is 5.32 Å². The molecule has 0 spiro atoms. The van der Waals surface area contributed by atoms with Crippen LogP contribution in [0, 0.1) is 0 Å². The monoisotopic (exact) mass is 335 g/mol. The highest BCUT2D eigenvalue weighted by Gasteiger charge is 2.34. The summed E-state index contributed by atoms with van der Waals surface area (Å²) in [4.78, 5) is 11.8. The van der Waals surface area contributed by atoms with E-state index < -0.39 is 0 Å². The van der Waals surface area contributed by atoms with Crippen molar-refractivity contribution >= 4 is 23.4 Å². The van der Waals surface area contributed by atoms with Gasteiger partial charge in [-0.3, -0.25) is 0 Å². The Kier molecular flexibility index (Phi) is 4.64. The Morgan fingerprint density at radius 3 is 2.65 bits per heavy atom. The molecule has 1 N–H and O–H groups in total. The van der Waals surface area contributed by atoms with Gasteiger partial charge in [0.1, 0.15) is 17.4 Å². The molecule has 4 nitrogen and oxygen atoms in total. The van der Waals surface area contributed by atoms with Crippen LogP contribution >= 0.6 is 12.4 Å². The molecule has 2 atom stereocenters. The maximum atomic E-state index is 11.8. The number of piperidine rings is 1. The van der Waals surface area contributed by atoms with Gasteiger partial charge in [0.2, 0.25) is 0 Å². The lowest BCUT2D eigenvalue weighted by Crippen LogP contribution is -2.42. The maximum Gasteiger partial charge on any atom is 0.339 e. The molecule has 2 unspecified atom stereocenters. The summed E-state index contributed by atoms with van der Waals surface area (Å²) < 4.78 is 11.6.